The molecular formula is C12H16MgO7. The predicted octanol–water partition coefficient (Wildman–Crippen LogP) is -0.953. The zero-order chi connectivity index (χ0) is 14.0. The fourth-order valence-corrected chi connectivity index (χ4v) is 1.69. The Morgan fingerprint density at radius 3 is 2.35 bits per heavy atom. The number of hydrogen-bond donors (Lipinski definition) is 4. The summed E-state index contributed by atoms with van der Waals surface area (Å²) >= 11 is 0. The van der Waals surface area contributed by atoms with Crippen molar-refractivity contribution in [3.63, 3.8) is 0 Å². The van der Waals surface area contributed by atoms with E-state index in [9.17, 15) is 20.1 Å². The SMILES string of the molecule is O=C(O)c1ccc(O[C@H]2OC[C@@H](O)[C@H](O)[C@H]2O)cc1.[H-].[H-].[Mg+2]. The number of ether oxygens (including phenoxy) is 2. The van der Waals surface area contributed by atoms with Crippen LogP contribution in [0.3, 0.4) is 0 Å². The van der Waals surface area contributed by atoms with Crippen LogP contribution in [0.2, 0.25) is 0 Å². The van der Waals surface area contributed by atoms with Gasteiger partial charge < -0.3 is 32.8 Å². The van der Waals surface area contributed by atoms with Crippen LogP contribution in [0.25, 0.3) is 0 Å². The third kappa shape index (κ3) is 3.81. The molecule has 0 amide bonds. The van der Waals surface area contributed by atoms with Crippen molar-refractivity contribution in [3.8, 4) is 5.75 Å². The first-order valence-corrected chi connectivity index (χ1v) is 5.65. The Hall–Kier alpha value is -0.904. The molecule has 1 aliphatic rings. The molecule has 7 nitrogen and oxygen atoms in total. The Kier molecular flexibility index (Phi) is 6.18. The van der Waals surface area contributed by atoms with Gasteiger partial charge in [-0.05, 0) is 24.3 Å². The average Bonchev–Trinajstić information content (AvgIpc) is 2.40. The van der Waals surface area contributed by atoms with E-state index in [2.05, 4.69) is 0 Å². The van der Waals surface area contributed by atoms with Gasteiger partial charge in [0.1, 0.15) is 24.1 Å². The summed E-state index contributed by atoms with van der Waals surface area (Å²) in [4.78, 5) is 10.7. The molecular weight excluding hydrogens is 280 g/mol. The summed E-state index contributed by atoms with van der Waals surface area (Å²) in [6.45, 7) is -0.157. The minimum atomic E-state index is -1.39. The molecule has 0 bridgehead atoms. The van der Waals surface area contributed by atoms with Gasteiger partial charge in [-0.25, -0.2) is 4.79 Å². The minimum Gasteiger partial charge on any atom is -1.00 e. The van der Waals surface area contributed by atoms with Gasteiger partial charge in [-0.1, -0.05) is 0 Å². The summed E-state index contributed by atoms with van der Waals surface area (Å²) in [7, 11) is 0. The molecule has 0 unspecified atom stereocenters. The van der Waals surface area contributed by atoms with E-state index in [1.807, 2.05) is 0 Å². The van der Waals surface area contributed by atoms with E-state index in [1.54, 1.807) is 0 Å². The Labute approximate surface area is 133 Å². The van der Waals surface area contributed by atoms with Crippen molar-refractivity contribution in [2.75, 3.05) is 6.61 Å². The molecule has 0 saturated carbocycles. The Bertz CT molecular complexity index is 459. The van der Waals surface area contributed by atoms with Crippen LogP contribution in [0.1, 0.15) is 13.2 Å². The van der Waals surface area contributed by atoms with Crippen molar-refractivity contribution >= 4 is 29.0 Å². The van der Waals surface area contributed by atoms with Crippen LogP contribution in [0.15, 0.2) is 24.3 Å². The Balaban J connectivity index is 0. The smallest absolute Gasteiger partial charge is 1.00 e. The fourth-order valence-electron chi connectivity index (χ4n) is 1.69. The third-order valence-electron chi connectivity index (χ3n) is 2.81. The van der Waals surface area contributed by atoms with Gasteiger partial charge in [0.05, 0.1) is 12.2 Å². The standard InChI is InChI=1S/C12H14O7.Mg.2H/c13-8-5-18-12(10(15)9(8)14)19-7-3-1-6(2-4-7)11(16)17;;;/h1-4,8-10,12-15H,5H2,(H,16,17);;;/q;+2;2*-1/t8-,9+,10-,12-;;;/m1.../s1. The molecule has 0 radical (unpaired) electrons. The first-order valence-electron chi connectivity index (χ1n) is 5.65. The van der Waals surface area contributed by atoms with Crippen molar-refractivity contribution in [2.45, 2.75) is 24.6 Å². The van der Waals surface area contributed by atoms with Crippen LogP contribution in [0.4, 0.5) is 0 Å². The molecule has 1 fully saturated rings. The normalized spacial score (nSPS) is 29.4. The number of hydrogen-bond acceptors (Lipinski definition) is 6. The molecule has 1 aromatic rings. The predicted molar refractivity (Wildman–Crippen MR) is 69.8 cm³/mol. The molecule has 2 rings (SSSR count). The quantitative estimate of drug-likeness (QED) is 0.531. The molecule has 1 heterocycles. The molecule has 8 heteroatoms. The molecule has 4 atom stereocenters. The van der Waals surface area contributed by atoms with E-state index < -0.39 is 30.6 Å². The maximum Gasteiger partial charge on any atom is 2.00 e. The average molecular weight is 297 g/mol. The number of carboxylic acid groups (broad SMARTS) is 1. The van der Waals surface area contributed by atoms with Crippen LogP contribution < -0.4 is 4.74 Å². The summed E-state index contributed by atoms with van der Waals surface area (Å²) in [6.07, 6.45) is -5.02. The van der Waals surface area contributed by atoms with E-state index in [0.717, 1.165) is 0 Å². The van der Waals surface area contributed by atoms with Crippen LogP contribution in [0.5, 0.6) is 5.75 Å². The molecule has 0 aromatic heterocycles. The summed E-state index contributed by atoms with van der Waals surface area (Å²) in [5, 5.41) is 37.1. The third-order valence-corrected chi connectivity index (χ3v) is 2.81. The number of carboxylic acids is 1. The van der Waals surface area contributed by atoms with Crippen molar-refractivity contribution in [1.82, 2.24) is 0 Å². The monoisotopic (exact) mass is 296 g/mol. The second-order valence-corrected chi connectivity index (χ2v) is 4.20. The minimum absolute atomic E-state index is 0. The van der Waals surface area contributed by atoms with Crippen LogP contribution in [0, 0.1) is 0 Å². The first kappa shape index (κ1) is 17.1. The van der Waals surface area contributed by atoms with Crippen molar-refractivity contribution in [2.24, 2.45) is 0 Å². The Morgan fingerprint density at radius 2 is 1.80 bits per heavy atom. The van der Waals surface area contributed by atoms with E-state index in [1.165, 1.54) is 24.3 Å². The van der Waals surface area contributed by atoms with Crippen LogP contribution in [-0.4, -0.2) is 80.7 Å². The summed E-state index contributed by atoms with van der Waals surface area (Å²) in [5.41, 5.74) is 0.105. The molecule has 1 saturated heterocycles. The van der Waals surface area contributed by atoms with Crippen LogP contribution >= 0.6 is 0 Å². The second-order valence-electron chi connectivity index (χ2n) is 4.20. The molecule has 20 heavy (non-hydrogen) atoms. The topological polar surface area (TPSA) is 116 Å². The number of aliphatic hydroxyl groups excluding tert-OH is 3. The molecule has 0 aliphatic carbocycles. The van der Waals surface area contributed by atoms with Gasteiger partial charge in [0.25, 0.3) is 0 Å². The molecule has 1 aliphatic heterocycles. The molecule has 108 valence electrons. The van der Waals surface area contributed by atoms with E-state index in [-0.39, 0.29) is 43.8 Å². The van der Waals surface area contributed by atoms with Crippen molar-refractivity contribution in [3.05, 3.63) is 29.8 Å². The van der Waals surface area contributed by atoms with Crippen LogP contribution in [-0.2, 0) is 4.74 Å². The summed E-state index contributed by atoms with van der Waals surface area (Å²) in [5.74, 6) is -0.767. The number of rotatable bonds is 3. The van der Waals surface area contributed by atoms with Gasteiger partial charge in [0, 0.05) is 0 Å². The van der Waals surface area contributed by atoms with Gasteiger partial charge in [-0.15, -0.1) is 0 Å². The van der Waals surface area contributed by atoms with Gasteiger partial charge in [-0.3, -0.25) is 0 Å². The van der Waals surface area contributed by atoms with E-state index in [4.69, 9.17) is 14.6 Å². The van der Waals surface area contributed by atoms with Gasteiger partial charge in [0.15, 0.2) is 0 Å². The van der Waals surface area contributed by atoms with Crippen molar-refractivity contribution < 1.29 is 37.5 Å². The second kappa shape index (κ2) is 7.20. The van der Waals surface area contributed by atoms with E-state index in [0.29, 0.717) is 0 Å². The number of carbonyl (C=O) groups is 1. The molecule has 1 aromatic carbocycles. The maximum absolute atomic E-state index is 10.7. The fraction of sp³-hybridized carbons (Fsp3) is 0.417. The first-order chi connectivity index (χ1) is 8.99. The van der Waals surface area contributed by atoms with Gasteiger partial charge in [-0.2, -0.15) is 0 Å². The Morgan fingerprint density at radius 1 is 1.20 bits per heavy atom. The summed E-state index contributed by atoms with van der Waals surface area (Å²) < 4.78 is 10.3. The van der Waals surface area contributed by atoms with Gasteiger partial charge >= 0.3 is 29.0 Å². The molecule has 4 N–H and O–H groups in total. The summed E-state index contributed by atoms with van der Waals surface area (Å²) in [6, 6.07) is 5.52. The maximum atomic E-state index is 10.7. The molecule has 0 spiro atoms. The number of aromatic carboxylic acids is 1. The number of aliphatic hydroxyl groups is 3. The zero-order valence-electron chi connectivity index (χ0n) is 12.5. The van der Waals surface area contributed by atoms with Gasteiger partial charge in [0.2, 0.25) is 6.29 Å². The zero-order valence-corrected chi connectivity index (χ0v) is 12.0. The van der Waals surface area contributed by atoms with E-state index >= 15 is 0 Å². The van der Waals surface area contributed by atoms with Crippen molar-refractivity contribution in [1.29, 1.82) is 0 Å². The largest absolute Gasteiger partial charge is 2.00 e. The number of benzene rings is 1.